The van der Waals surface area contributed by atoms with Crippen molar-refractivity contribution in [1.82, 2.24) is 5.16 Å². The van der Waals surface area contributed by atoms with Gasteiger partial charge in [0.05, 0.1) is 5.56 Å². The number of halogens is 2. The molecule has 0 spiro atoms. The van der Waals surface area contributed by atoms with E-state index in [2.05, 4.69) is 21.1 Å². The van der Waals surface area contributed by atoms with Gasteiger partial charge in [-0.05, 0) is 35.0 Å². The van der Waals surface area contributed by atoms with Crippen LogP contribution in [0.25, 0.3) is 11.3 Å². The summed E-state index contributed by atoms with van der Waals surface area (Å²) in [6.07, 6.45) is 0. The molecule has 1 heterocycles. The van der Waals surface area contributed by atoms with Crippen LogP contribution in [0.5, 0.6) is 0 Å². The molecule has 0 saturated carbocycles. The van der Waals surface area contributed by atoms with Gasteiger partial charge in [-0.3, -0.25) is 0 Å². The van der Waals surface area contributed by atoms with Gasteiger partial charge in [-0.25, -0.2) is 4.39 Å². The smallest absolute Gasteiger partial charge is 0.176 e. The highest BCUT2D eigenvalue weighted by Gasteiger charge is 2.17. The molecule has 1 aromatic carbocycles. The van der Waals surface area contributed by atoms with Crippen molar-refractivity contribution >= 4 is 21.7 Å². The highest BCUT2D eigenvalue weighted by Crippen LogP contribution is 2.34. The zero-order valence-corrected chi connectivity index (χ0v) is 9.51. The van der Waals surface area contributed by atoms with E-state index in [0.29, 0.717) is 21.4 Å². The summed E-state index contributed by atoms with van der Waals surface area (Å²) in [6, 6.07) is 4.70. The molecule has 0 fully saturated rings. The second kappa shape index (κ2) is 3.66. The highest BCUT2D eigenvalue weighted by atomic mass is 79.9. The van der Waals surface area contributed by atoms with Crippen molar-refractivity contribution in [3.63, 3.8) is 0 Å². The fraction of sp³-hybridized carbons (Fsp3) is 0.100. The van der Waals surface area contributed by atoms with Crippen molar-refractivity contribution in [2.75, 3.05) is 5.73 Å². The molecule has 3 nitrogen and oxygen atoms in total. The van der Waals surface area contributed by atoms with E-state index in [4.69, 9.17) is 10.3 Å². The van der Waals surface area contributed by atoms with Crippen LogP contribution in [-0.2, 0) is 0 Å². The summed E-state index contributed by atoms with van der Waals surface area (Å²) in [4.78, 5) is 0. The Balaban J connectivity index is 2.69. The Labute approximate surface area is 94.2 Å². The summed E-state index contributed by atoms with van der Waals surface area (Å²) in [7, 11) is 0. The molecule has 2 aromatic rings. The Bertz CT molecular complexity index is 490. The molecular formula is C10H8BrFN2O. The largest absolute Gasteiger partial charge is 0.381 e. The number of nitrogens with zero attached hydrogens (tertiary/aromatic N) is 1. The maximum atomic E-state index is 13.6. The lowest BCUT2D eigenvalue weighted by atomic mass is 10.1. The fourth-order valence-corrected chi connectivity index (χ4v) is 1.82. The second-order valence-electron chi connectivity index (χ2n) is 3.12. The number of benzene rings is 1. The third-order valence-corrected chi connectivity index (χ3v) is 2.81. The van der Waals surface area contributed by atoms with Crippen LogP contribution in [0.1, 0.15) is 5.56 Å². The zero-order chi connectivity index (χ0) is 11.0. The van der Waals surface area contributed by atoms with Crippen molar-refractivity contribution in [2.24, 2.45) is 0 Å². The summed E-state index contributed by atoms with van der Waals surface area (Å²) < 4.78 is 19.2. The monoisotopic (exact) mass is 270 g/mol. The number of rotatable bonds is 1. The fourth-order valence-electron chi connectivity index (χ4n) is 1.30. The summed E-state index contributed by atoms with van der Waals surface area (Å²) in [5.74, 6) is 0.265. The third-order valence-electron chi connectivity index (χ3n) is 2.15. The van der Waals surface area contributed by atoms with Crippen LogP contribution in [0, 0.1) is 12.7 Å². The van der Waals surface area contributed by atoms with E-state index in [1.807, 2.05) is 0 Å². The van der Waals surface area contributed by atoms with Crippen LogP contribution in [0.2, 0.25) is 0 Å². The average Bonchev–Trinajstić information content (AvgIpc) is 2.49. The van der Waals surface area contributed by atoms with E-state index in [-0.39, 0.29) is 11.6 Å². The molecule has 0 unspecified atom stereocenters. The topological polar surface area (TPSA) is 52.0 Å². The molecule has 15 heavy (non-hydrogen) atoms. The van der Waals surface area contributed by atoms with Crippen LogP contribution in [-0.4, -0.2) is 5.16 Å². The Hall–Kier alpha value is -1.36. The molecule has 1 aromatic heterocycles. The normalized spacial score (nSPS) is 10.6. The molecule has 78 valence electrons. The van der Waals surface area contributed by atoms with Gasteiger partial charge < -0.3 is 10.3 Å². The molecule has 2 N–H and O–H groups in total. The molecule has 0 amide bonds. The van der Waals surface area contributed by atoms with Crippen molar-refractivity contribution < 1.29 is 8.91 Å². The number of anilines is 1. The minimum atomic E-state index is -0.372. The number of aromatic nitrogens is 1. The van der Waals surface area contributed by atoms with Gasteiger partial charge >= 0.3 is 0 Å². The van der Waals surface area contributed by atoms with Gasteiger partial charge in [0, 0.05) is 10.0 Å². The Morgan fingerprint density at radius 2 is 2.20 bits per heavy atom. The number of nitrogens with two attached hydrogens (primary N) is 1. The predicted octanol–water partition coefficient (Wildman–Crippen LogP) is 3.13. The van der Waals surface area contributed by atoms with Crippen molar-refractivity contribution in [3.05, 3.63) is 34.1 Å². The van der Waals surface area contributed by atoms with Gasteiger partial charge in [0.2, 0.25) is 0 Å². The Morgan fingerprint density at radius 3 is 2.73 bits per heavy atom. The predicted molar refractivity (Wildman–Crippen MR) is 58.7 cm³/mol. The van der Waals surface area contributed by atoms with Crippen molar-refractivity contribution in [1.29, 1.82) is 0 Å². The summed E-state index contributed by atoms with van der Waals surface area (Å²) >= 11 is 3.26. The van der Waals surface area contributed by atoms with E-state index >= 15 is 0 Å². The lowest BCUT2D eigenvalue weighted by Crippen LogP contribution is -1.89. The van der Waals surface area contributed by atoms with Gasteiger partial charge in [-0.2, -0.15) is 0 Å². The van der Waals surface area contributed by atoms with Crippen molar-refractivity contribution in [2.45, 2.75) is 6.92 Å². The van der Waals surface area contributed by atoms with E-state index < -0.39 is 0 Å². The van der Waals surface area contributed by atoms with Gasteiger partial charge in [-0.15, -0.1) is 0 Å². The summed E-state index contributed by atoms with van der Waals surface area (Å²) in [5, 5.41) is 3.59. The Morgan fingerprint density at radius 1 is 1.47 bits per heavy atom. The maximum absolute atomic E-state index is 13.6. The average molecular weight is 271 g/mol. The first-order valence-corrected chi connectivity index (χ1v) is 5.06. The van der Waals surface area contributed by atoms with Crippen LogP contribution < -0.4 is 5.73 Å². The Kier molecular flexibility index (Phi) is 2.48. The molecule has 2 rings (SSSR count). The minimum absolute atomic E-state index is 0.278. The lowest BCUT2D eigenvalue weighted by Gasteiger charge is -2.02. The number of nitrogen functional groups attached to an aromatic ring is 1. The van der Waals surface area contributed by atoms with E-state index in [1.165, 1.54) is 6.07 Å². The molecule has 0 aliphatic carbocycles. The van der Waals surface area contributed by atoms with Crippen LogP contribution in [0.3, 0.4) is 0 Å². The zero-order valence-electron chi connectivity index (χ0n) is 7.92. The molecule has 0 bridgehead atoms. The molecule has 5 heteroatoms. The van der Waals surface area contributed by atoms with Gasteiger partial charge in [0.25, 0.3) is 0 Å². The van der Waals surface area contributed by atoms with Gasteiger partial charge in [0.15, 0.2) is 11.6 Å². The van der Waals surface area contributed by atoms with Crippen LogP contribution in [0.15, 0.2) is 27.2 Å². The van der Waals surface area contributed by atoms with Gasteiger partial charge in [0.1, 0.15) is 5.82 Å². The molecular weight excluding hydrogens is 263 g/mol. The standard InChI is InChI=1S/C10H8BrFN2O/c1-5-9(15-14-10(5)13)8-6(11)3-2-4-7(8)12/h2-4H,1H3,(H2,13,14). The van der Waals surface area contributed by atoms with E-state index in [1.54, 1.807) is 19.1 Å². The molecule has 0 aliphatic heterocycles. The highest BCUT2D eigenvalue weighted by molar-refractivity contribution is 9.10. The summed E-state index contributed by atoms with van der Waals surface area (Å²) in [6.45, 7) is 1.74. The second-order valence-corrected chi connectivity index (χ2v) is 3.97. The molecule has 0 atom stereocenters. The number of hydrogen-bond donors (Lipinski definition) is 1. The first-order valence-electron chi connectivity index (χ1n) is 4.27. The van der Waals surface area contributed by atoms with Crippen LogP contribution in [0.4, 0.5) is 10.2 Å². The molecule has 0 saturated heterocycles. The van der Waals surface area contributed by atoms with E-state index in [0.717, 1.165) is 0 Å². The third kappa shape index (κ3) is 1.63. The first-order chi connectivity index (χ1) is 7.11. The molecule has 0 radical (unpaired) electrons. The minimum Gasteiger partial charge on any atom is -0.381 e. The molecule has 0 aliphatic rings. The number of hydrogen-bond acceptors (Lipinski definition) is 3. The quantitative estimate of drug-likeness (QED) is 0.866. The van der Waals surface area contributed by atoms with E-state index in [9.17, 15) is 4.39 Å². The SMILES string of the molecule is Cc1c(N)noc1-c1c(F)cccc1Br. The van der Waals surface area contributed by atoms with Gasteiger partial charge in [-0.1, -0.05) is 11.2 Å². The van der Waals surface area contributed by atoms with Crippen molar-refractivity contribution in [3.8, 4) is 11.3 Å². The first kappa shape index (κ1) is 10.2. The van der Waals surface area contributed by atoms with Crippen LogP contribution >= 0.6 is 15.9 Å². The lowest BCUT2D eigenvalue weighted by molar-refractivity contribution is 0.432. The summed E-state index contributed by atoms with van der Waals surface area (Å²) in [5.41, 5.74) is 6.52. The maximum Gasteiger partial charge on any atom is 0.176 e.